The van der Waals surface area contributed by atoms with Crippen molar-refractivity contribution in [1.29, 1.82) is 0 Å². The van der Waals surface area contributed by atoms with Crippen molar-refractivity contribution in [3.8, 4) is 0 Å². The number of para-hydroxylation sites is 1. The van der Waals surface area contributed by atoms with Gasteiger partial charge >= 0.3 is 0 Å². The molecule has 1 aromatic rings. The molecule has 17 heavy (non-hydrogen) atoms. The number of hydrogen-bond donors (Lipinski definition) is 1. The molecule has 0 aliphatic carbocycles. The number of carbonyl (C=O) groups is 1. The van der Waals surface area contributed by atoms with E-state index in [4.69, 9.17) is 0 Å². The minimum absolute atomic E-state index is 0.151. The second kappa shape index (κ2) is 5.80. The maximum absolute atomic E-state index is 12.1. The summed E-state index contributed by atoms with van der Waals surface area (Å²) in [6.45, 7) is 5.52. The fraction of sp³-hybridized carbons (Fsp3) is 0.462. The van der Waals surface area contributed by atoms with Crippen molar-refractivity contribution < 1.29 is 4.79 Å². The number of benzene rings is 1. The summed E-state index contributed by atoms with van der Waals surface area (Å²) in [5, 5.41) is 7.24. The van der Waals surface area contributed by atoms with E-state index in [1.165, 1.54) is 0 Å². The van der Waals surface area contributed by atoms with Crippen molar-refractivity contribution in [2.45, 2.75) is 13.3 Å². The number of nitrogens with zero attached hydrogens (tertiary/aromatic N) is 2. The summed E-state index contributed by atoms with van der Waals surface area (Å²) >= 11 is 0. The molecule has 0 atom stereocenters. The molecule has 4 nitrogen and oxygen atoms in total. The molecule has 0 unspecified atom stereocenters. The molecule has 1 amide bonds. The van der Waals surface area contributed by atoms with Crippen LogP contribution in [-0.4, -0.2) is 37.1 Å². The second-order valence-electron chi connectivity index (χ2n) is 4.10. The van der Waals surface area contributed by atoms with Gasteiger partial charge in [0.25, 0.3) is 0 Å². The summed E-state index contributed by atoms with van der Waals surface area (Å²) in [5.74, 6) is 0.151. The van der Waals surface area contributed by atoms with E-state index in [1.807, 2.05) is 42.3 Å². The van der Waals surface area contributed by atoms with E-state index in [2.05, 4.69) is 10.3 Å². The largest absolute Gasteiger partial charge is 0.314 e. The minimum Gasteiger partial charge on any atom is -0.314 e. The number of amides is 1. The molecule has 1 aromatic carbocycles. The standard InChI is InChI=1S/C13H19N3O/c1-2-13(17)16(12-6-4-3-5-7-12)15-10-8-14-9-11-15/h3-7,14H,2,8-11H2,1H3. The Hall–Kier alpha value is -1.39. The molecule has 1 N–H and O–H groups in total. The van der Waals surface area contributed by atoms with Crippen molar-refractivity contribution in [2.75, 3.05) is 31.2 Å². The van der Waals surface area contributed by atoms with E-state index < -0.39 is 0 Å². The fourth-order valence-corrected chi connectivity index (χ4v) is 2.04. The van der Waals surface area contributed by atoms with Crippen molar-refractivity contribution in [1.82, 2.24) is 10.3 Å². The lowest BCUT2D eigenvalue weighted by Gasteiger charge is -2.37. The van der Waals surface area contributed by atoms with Gasteiger partial charge in [-0.25, -0.2) is 10.0 Å². The smallest absolute Gasteiger partial charge is 0.241 e. The van der Waals surface area contributed by atoms with Crippen LogP contribution in [0.25, 0.3) is 0 Å². The lowest BCUT2D eigenvalue weighted by atomic mass is 10.3. The lowest BCUT2D eigenvalue weighted by Crippen LogP contribution is -2.54. The van der Waals surface area contributed by atoms with Crippen LogP contribution >= 0.6 is 0 Å². The Morgan fingerprint density at radius 2 is 1.94 bits per heavy atom. The molecule has 0 aromatic heterocycles. The van der Waals surface area contributed by atoms with Crippen molar-refractivity contribution >= 4 is 11.6 Å². The Bertz CT molecular complexity index is 360. The predicted molar refractivity (Wildman–Crippen MR) is 68.7 cm³/mol. The Morgan fingerprint density at radius 3 is 2.53 bits per heavy atom. The molecule has 0 bridgehead atoms. The predicted octanol–water partition coefficient (Wildman–Crippen LogP) is 1.25. The van der Waals surface area contributed by atoms with Crippen LogP contribution in [0, 0.1) is 0 Å². The Kier molecular flexibility index (Phi) is 4.12. The van der Waals surface area contributed by atoms with Crippen molar-refractivity contribution in [3.63, 3.8) is 0 Å². The molecule has 1 aliphatic rings. The first-order valence-electron chi connectivity index (χ1n) is 6.16. The highest BCUT2D eigenvalue weighted by molar-refractivity contribution is 5.92. The maximum atomic E-state index is 12.1. The van der Waals surface area contributed by atoms with Gasteiger partial charge in [-0.15, -0.1) is 0 Å². The van der Waals surface area contributed by atoms with Gasteiger partial charge in [-0.05, 0) is 12.1 Å². The zero-order valence-electron chi connectivity index (χ0n) is 10.2. The van der Waals surface area contributed by atoms with E-state index >= 15 is 0 Å². The Labute approximate surface area is 102 Å². The van der Waals surface area contributed by atoms with Crippen molar-refractivity contribution in [3.05, 3.63) is 30.3 Å². The molecule has 1 aliphatic heterocycles. The summed E-state index contributed by atoms with van der Waals surface area (Å²) in [4.78, 5) is 12.1. The van der Waals surface area contributed by atoms with Crippen LogP contribution in [0.2, 0.25) is 0 Å². The molecule has 0 radical (unpaired) electrons. The fourth-order valence-electron chi connectivity index (χ4n) is 2.04. The van der Waals surface area contributed by atoms with Gasteiger partial charge in [-0.3, -0.25) is 4.79 Å². The van der Waals surface area contributed by atoms with E-state index in [9.17, 15) is 4.79 Å². The molecule has 2 rings (SSSR count). The van der Waals surface area contributed by atoms with Gasteiger partial charge in [0.15, 0.2) is 0 Å². The van der Waals surface area contributed by atoms with Crippen LogP contribution in [0.1, 0.15) is 13.3 Å². The van der Waals surface area contributed by atoms with Gasteiger partial charge in [-0.2, -0.15) is 0 Å². The number of piperazine rings is 1. The van der Waals surface area contributed by atoms with E-state index in [0.717, 1.165) is 31.9 Å². The Morgan fingerprint density at radius 1 is 1.29 bits per heavy atom. The number of rotatable bonds is 3. The third kappa shape index (κ3) is 2.84. The van der Waals surface area contributed by atoms with Gasteiger partial charge in [-0.1, -0.05) is 25.1 Å². The van der Waals surface area contributed by atoms with E-state index in [1.54, 1.807) is 0 Å². The topological polar surface area (TPSA) is 35.6 Å². The third-order valence-electron chi connectivity index (χ3n) is 2.92. The Balaban J connectivity index is 2.21. The van der Waals surface area contributed by atoms with E-state index in [-0.39, 0.29) is 5.91 Å². The molecular formula is C13H19N3O. The molecule has 0 spiro atoms. The first-order chi connectivity index (χ1) is 8.33. The molecule has 0 saturated carbocycles. The van der Waals surface area contributed by atoms with Crippen molar-refractivity contribution in [2.24, 2.45) is 0 Å². The van der Waals surface area contributed by atoms with Gasteiger partial charge in [0.1, 0.15) is 0 Å². The van der Waals surface area contributed by atoms with Gasteiger partial charge in [0.05, 0.1) is 5.69 Å². The highest BCUT2D eigenvalue weighted by Crippen LogP contribution is 2.17. The zero-order valence-corrected chi connectivity index (χ0v) is 10.2. The van der Waals surface area contributed by atoms with Crippen LogP contribution in [-0.2, 0) is 4.79 Å². The first-order valence-corrected chi connectivity index (χ1v) is 6.16. The number of anilines is 1. The van der Waals surface area contributed by atoms with Gasteiger partial charge in [0, 0.05) is 32.6 Å². The number of nitrogens with one attached hydrogen (secondary N) is 1. The first kappa shape index (κ1) is 12.1. The summed E-state index contributed by atoms with van der Waals surface area (Å²) in [5.41, 5.74) is 0.959. The van der Waals surface area contributed by atoms with Crippen LogP contribution < -0.4 is 10.3 Å². The van der Waals surface area contributed by atoms with E-state index in [0.29, 0.717) is 6.42 Å². The summed E-state index contributed by atoms with van der Waals surface area (Å²) in [6.07, 6.45) is 0.527. The summed E-state index contributed by atoms with van der Waals surface area (Å²) < 4.78 is 0. The molecule has 92 valence electrons. The lowest BCUT2D eigenvalue weighted by molar-refractivity contribution is -0.121. The zero-order chi connectivity index (χ0) is 12.1. The second-order valence-corrected chi connectivity index (χ2v) is 4.10. The number of hydrogen-bond acceptors (Lipinski definition) is 3. The average Bonchev–Trinajstić information content (AvgIpc) is 2.41. The highest BCUT2D eigenvalue weighted by atomic mass is 16.2. The minimum atomic E-state index is 0.151. The quantitative estimate of drug-likeness (QED) is 0.853. The summed E-state index contributed by atoms with van der Waals surface area (Å²) in [7, 11) is 0. The molecule has 1 fully saturated rings. The van der Waals surface area contributed by atoms with Gasteiger partial charge < -0.3 is 5.32 Å². The molecular weight excluding hydrogens is 214 g/mol. The SMILES string of the molecule is CCC(=O)N(c1ccccc1)N1CCNCC1. The van der Waals surface area contributed by atoms with Crippen LogP contribution in [0.3, 0.4) is 0 Å². The van der Waals surface area contributed by atoms with Crippen LogP contribution in [0.5, 0.6) is 0 Å². The van der Waals surface area contributed by atoms with Gasteiger partial charge in [0.2, 0.25) is 5.91 Å². The highest BCUT2D eigenvalue weighted by Gasteiger charge is 2.23. The van der Waals surface area contributed by atoms with Crippen LogP contribution in [0.15, 0.2) is 30.3 Å². The maximum Gasteiger partial charge on any atom is 0.241 e. The number of hydrazine groups is 1. The summed E-state index contributed by atoms with van der Waals surface area (Å²) in [6, 6.07) is 9.86. The third-order valence-corrected chi connectivity index (χ3v) is 2.92. The molecule has 1 heterocycles. The number of carbonyl (C=O) groups excluding carboxylic acids is 1. The molecule has 1 saturated heterocycles. The monoisotopic (exact) mass is 233 g/mol. The average molecular weight is 233 g/mol. The van der Waals surface area contributed by atoms with Crippen LogP contribution in [0.4, 0.5) is 5.69 Å². The molecule has 4 heteroatoms. The normalized spacial score (nSPS) is 16.8.